The van der Waals surface area contributed by atoms with E-state index in [0.717, 1.165) is 0 Å². The number of hydrogen-bond donors (Lipinski definition) is 2. The zero-order valence-electron chi connectivity index (χ0n) is 10.1. The molecule has 0 aliphatic carbocycles. The molecule has 0 fully saturated rings. The lowest BCUT2D eigenvalue weighted by Crippen LogP contribution is -2.14. The summed E-state index contributed by atoms with van der Waals surface area (Å²) in [6, 6.07) is 0. The van der Waals surface area contributed by atoms with E-state index in [4.69, 9.17) is 4.74 Å². The SMILES string of the molecule is CCNc1nc(OCCC(F)(F)F)c2cn[nH]c2n1. The van der Waals surface area contributed by atoms with Gasteiger partial charge in [0.25, 0.3) is 0 Å². The Kier molecular flexibility index (Phi) is 3.72. The molecule has 0 aliphatic rings. The van der Waals surface area contributed by atoms with Gasteiger partial charge in [-0.15, -0.1) is 0 Å². The van der Waals surface area contributed by atoms with Crippen LogP contribution in [0.3, 0.4) is 0 Å². The van der Waals surface area contributed by atoms with Crippen LogP contribution in [0.4, 0.5) is 19.1 Å². The molecule has 0 atom stereocenters. The Morgan fingerprint density at radius 2 is 2.16 bits per heavy atom. The van der Waals surface area contributed by atoms with Crippen molar-refractivity contribution in [3.05, 3.63) is 6.20 Å². The lowest BCUT2D eigenvalue weighted by atomic mass is 10.4. The fraction of sp³-hybridized carbons (Fsp3) is 0.500. The fourth-order valence-electron chi connectivity index (χ4n) is 1.42. The van der Waals surface area contributed by atoms with E-state index in [2.05, 4.69) is 25.5 Å². The van der Waals surface area contributed by atoms with Crippen molar-refractivity contribution in [2.45, 2.75) is 19.5 Å². The zero-order valence-corrected chi connectivity index (χ0v) is 10.1. The predicted molar refractivity (Wildman–Crippen MR) is 62.0 cm³/mol. The molecular formula is C10H12F3N5O. The summed E-state index contributed by atoms with van der Waals surface area (Å²) in [5, 5.41) is 9.70. The fourth-order valence-corrected chi connectivity index (χ4v) is 1.42. The van der Waals surface area contributed by atoms with Crippen molar-refractivity contribution in [1.29, 1.82) is 0 Å². The highest BCUT2D eigenvalue weighted by atomic mass is 19.4. The van der Waals surface area contributed by atoms with Crippen LogP contribution in [0.5, 0.6) is 5.88 Å². The molecule has 0 amide bonds. The number of ether oxygens (including phenoxy) is 1. The Morgan fingerprint density at radius 3 is 2.84 bits per heavy atom. The van der Waals surface area contributed by atoms with Gasteiger partial charge in [0.2, 0.25) is 11.8 Å². The molecule has 0 aromatic carbocycles. The summed E-state index contributed by atoms with van der Waals surface area (Å²) in [7, 11) is 0. The van der Waals surface area contributed by atoms with Gasteiger partial charge in [-0.05, 0) is 6.92 Å². The van der Waals surface area contributed by atoms with Crippen molar-refractivity contribution in [1.82, 2.24) is 20.2 Å². The summed E-state index contributed by atoms with van der Waals surface area (Å²) >= 11 is 0. The van der Waals surface area contributed by atoms with Gasteiger partial charge >= 0.3 is 6.18 Å². The Labute approximate surface area is 106 Å². The first-order valence-corrected chi connectivity index (χ1v) is 5.64. The van der Waals surface area contributed by atoms with Crippen molar-refractivity contribution < 1.29 is 17.9 Å². The molecule has 2 aromatic heterocycles. The monoisotopic (exact) mass is 275 g/mol. The third kappa shape index (κ3) is 3.46. The number of alkyl halides is 3. The second-order valence-corrected chi connectivity index (χ2v) is 3.73. The van der Waals surface area contributed by atoms with Gasteiger partial charge in [0.1, 0.15) is 5.39 Å². The number of aromatic amines is 1. The number of anilines is 1. The molecule has 9 heteroatoms. The van der Waals surface area contributed by atoms with Gasteiger partial charge in [-0.2, -0.15) is 28.2 Å². The van der Waals surface area contributed by atoms with E-state index >= 15 is 0 Å². The third-order valence-electron chi connectivity index (χ3n) is 2.23. The summed E-state index contributed by atoms with van der Waals surface area (Å²) in [6.45, 7) is 1.94. The second kappa shape index (κ2) is 5.29. The standard InChI is InChI=1S/C10H12F3N5O/c1-2-14-9-16-7-6(5-15-18-7)8(17-9)19-4-3-10(11,12)13/h5H,2-4H2,1H3,(H2,14,15,16,17,18). The third-order valence-corrected chi connectivity index (χ3v) is 2.23. The Morgan fingerprint density at radius 1 is 1.37 bits per heavy atom. The lowest BCUT2D eigenvalue weighted by molar-refractivity contribution is -0.139. The highest BCUT2D eigenvalue weighted by molar-refractivity contribution is 5.80. The first-order valence-electron chi connectivity index (χ1n) is 5.64. The number of rotatable bonds is 5. The number of H-pyrrole nitrogens is 1. The Bertz CT molecular complexity index is 554. The van der Waals surface area contributed by atoms with Crippen molar-refractivity contribution in [3.8, 4) is 5.88 Å². The molecule has 0 bridgehead atoms. The quantitative estimate of drug-likeness (QED) is 0.874. The maximum Gasteiger partial charge on any atom is 0.392 e. The summed E-state index contributed by atoms with van der Waals surface area (Å²) in [4.78, 5) is 8.11. The van der Waals surface area contributed by atoms with Crippen molar-refractivity contribution in [2.75, 3.05) is 18.5 Å². The van der Waals surface area contributed by atoms with E-state index in [1.54, 1.807) is 0 Å². The molecule has 2 rings (SSSR count). The first kappa shape index (κ1) is 13.4. The number of aromatic nitrogens is 4. The minimum atomic E-state index is -4.26. The molecule has 6 nitrogen and oxygen atoms in total. The summed E-state index contributed by atoms with van der Waals surface area (Å²) in [6.07, 6.45) is -3.88. The number of nitrogens with zero attached hydrogens (tertiary/aromatic N) is 3. The maximum absolute atomic E-state index is 12.1. The van der Waals surface area contributed by atoms with Gasteiger partial charge in [-0.3, -0.25) is 5.10 Å². The molecule has 0 saturated carbocycles. The van der Waals surface area contributed by atoms with Crippen molar-refractivity contribution in [2.24, 2.45) is 0 Å². The van der Waals surface area contributed by atoms with Crippen LogP contribution >= 0.6 is 0 Å². The number of fused-ring (bicyclic) bond motifs is 1. The zero-order chi connectivity index (χ0) is 13.9. The smallest absolute Gasteiger partial charge is 0.392 e. The molecule has 0 radical (unpaired) electrons. The van der Waals surface area contributed by atoms with Crippen LogP contribution in [0.25, 0.3) is 11.0 Å². The van der Waals surface area contributed by atoms with E-state index in [1.807, 2.05) is 6.92 Å². The van der Waals surface area contributed by atoms with Crippen LogP contribution in [0.1, 0.15) is 13.3 Å². The first-order chi connectivity index (χ1) is 8.99. The molecule has 104 valence electrons. The summed E-state index contributed by atoms with van der Waals surface area (Å²) in [5.74, 6) is 0.361. The molecule has 2 N–H and O–H groups in total. The molecule has 0 spiro atoms. The van der Waals surface area contributed by atoms with Gasteiger partial charge in [0.15, 0.2) is 5.65 Å². The van der Waals surface area contributed by atoms with Gasteiger partial charge in [-0.1, -0.05) is 0 Å². The molecule has 0 unspecified atom stereocenters. The molecular weight excluding hydrogens is 263 g/mol. The number of hydrogen-bond acceptors (Lipinski definition) is 5. The highest BCUT2D eigenvalue weighted by Crippen LogP contribution is 2.24. The molecule has 2 heterocycles. The van der Waals surface area contributed by atoms with E-state index in [-0.39, 0.29) is 11.8 Å². The number of halogens is 3. The van der Waals surface area contributed by atoms with E-state index in [9.17, 15) is 13.2 Å². The Hall–Kier alpha value is -2.06. The molecule has 0 saturated heterocycles. The average molecular weight is 275 g/mol. The van der Waals surface area contributed by atoms with Gasteiger partial charge < -0.3 is 10.1 Å². The minimum Gasteiger partial charge on any atom is -0.477 e. The summed E-state index contributed by atoms with van der Waals surface area (Å²) in [5.41, 5.74) is 0.410. The topological polar surface area (TPSA) is 75.7 Å². The largest absolute Gasteiger partial charge is 0.477 e. The van der Waals surface area contributed by atoms with Crippen LogP contribution in [0.2, 0.25) is 0 Å². The normalized spacial score (nSPS) is 11.8. The molecule has 2 aromatic rings. The van der Waals surface area contributed by atoms with Crippen LogP contribution in [0.15, 0.2) is 6.20 Å². The van der Waals surface area contributed by atoms with Gasteiger partial charge in [-0.25, -0.2) is 0 Å². The molecule has 19 heavy (non-hydrogen) atoms. The minimum absolute atomic E-state index is 0.0824. The number of nitrogens with one attached hydrogen (secondary N) is 2. The van der Waals surface area contributed by atoms with Gasteiger partial charge in [0.05, 0.1) is 19.2 Å². The van der Waals surface area contributed by atoms with Crippen molar-refractivity contribution in [3.63, 3.8) is 0 Å². The van der Waals surface area contributed by atoms with Crippen LogP contribution < -0.4 is 10.1 Å². The van der Waals surface area contributed by atoms with E-state index in [0.29, 0.717) is 17.6 Å². The predicted octanol–water partition coefficient (Wildman–Crippen LogP) is 2.12. The second-order valence-electron chi connectivity index (χ2n) is 3.73. The maximum atomic E-state index is 12.1. The molecule has 0 aliphatic heterocycles. The van der Waals surface area contributed by atoms with Gasteiger partial charge in [0, 0.05) is 6.54 Å². The van der Waals surface area contributed by atoms with Crippen molar-refractivity contribution >= 4 is 17.0 Å². The van der Waals surface area contributed by atoms with E-state index < -0.39 is 19.2 Å². The van der Waals surface area contributed by atoms with Crippen LogP contribution in [0, 0.1) is 0 Å². The van der Waals surface area contributed by atoms with E-state index in [1.165, 1.54) is 6.20 Å². The van der Waals surface area contributed by atoms with Crippen LogP contribution in [-0.2, 0) is 0 Å². The lowest BCUT2D eigenvalue weighted by Gasteiger charge is -2.09. The summed E-state index contributed by atoms with van der Waals surface area (Å²) < 4.78 is 41.3. The van der Waals surface area contributed by atoms with Crippen LogP contribution in [-0.4, -0.2) is 39.5 Å². The highest BCUT2D eigenvalue weighted by Gasteiger charge is 2.27. The Balaban J connectivity index is 2.18. The average Bonchev–Trinajstić information content (AvgIpc) is 2.76.